The van der Waals surface area contributed by atoms with Crippen LogP contribution in [0.2, 0.25) is 0 Å². The molecule has 0 saturated carbocycles. The number of aliphatic imine (C=N–C) groups is 1. The molecule has 2 heterocycles. The Hall–Kier alpha value is -1.75. The Kier molecular flexibility index (Phi) is 8.22. The summed E-state index contributed by atoms with van der Waals surface area (Å²) in [5.74, 6) is 1.60. The molecule has 0 radical (unpaired) electrons. The lowest BCUT2D eigenvalue weighted by atomic mass is 9.97. The van der Waals surface area contributed by atoms with Gasteiger partial charge in [-0.15, -0.1) is 0 Å². The number of benzene rings is 1. The molecule has 2 aliphatic heterocycles. The molecule has 2 fully saturated rings. The lowest BCUT2D eigenvalue weighted by Gasteiger charge is -2.35. The fraction of sp³-hybridized carbons (Fsp3) is 0.708. The van der Waals surface area contributed by atoms with Crippen molar-refractivity contribution in [2.75, 3.05) is 44.2 Å². The van der Waals surface area contributed by atoms with E-state index in [1.807, 2.05) is 0 Å². The highest BCUT2D eigenvalue weighted by Crippen LogP contribution is 2.24. The third-order valence-corrected chi connectivity index (χ3v) is 6.33. The van der Waals surface area contributed by atoms with Crippen molar-refractivity contribution in [1.29, 1.82) is 0 Å². The summed E-state index contributed by atoms with van der Waals surface area (Å²) in [5.41, 5.74) is 2.68. The van der Waals surface area contributed by atoms with E-state index >= 15 is 0 Å². The van der Waals surface area contributed by atoms with E-state index in [0.717, 1.165) is 19.0 Å². The Morgan fingerprint density at radius 3 is 2.66 bits per heavy atom. The first-order valence-electron chi connectivity index (χ1n) is 11.7. The largest absolute Gasteiger partial charge is 0.372 e. The molecule has 2 saturated heterocycles. The normalized spacial score (nSPS) is 22.2. The molecule has 0 bridgehead atoms. The minimum atomic E-state index is 0.230. The molecule has 1 aromatic carbocycles. The Bertz CT molecular complexity index is 650. The van der Waals surface area contributed by atoms with E-state index in [-0.39, 0.29) is 6.04 Å². The summed E-state index contributed by atoms with van der Waals surface area (Å²) < 4.78 is 0. The van der Waals surface area contributed by atoms with E-state index in [2.05, 4.69) is 72.4 Å². The summed E-state index contributed by atoms with van der Waals surface area (Å²) >= 11 is 0. The molecule has 0 aliphatic carbocycles. The van der Waals surface area contributed by atoms with Gasteiger partial charge in [0.1, 0.15) is 0 Å². The van der Waals surface area contributed by atoms with Crippen LogP contribution in [0.1, 0.15) is 65.0 Å². The van der Waals surface area contributed by atoms with Gasteiger partial charge in [0.2, 0.25) is 0 Å². The van der Waals surface area contributed by atoms with Crippen LogP contribution in [0.15, 0.2) is 29.3 Å². The number of piperidine rings is 1. The van der Waals surface area contributed by atoms with Gasteiger partial charge in [-0.1, -0.05) is 12.1 Å². The quantitative estimate of drug-likeness (QED) is 0.537. The number of anilines is 1. The molecule has 5 nitrogen and oxygen atoms in total. The van der Waals surface area contributed by atoms with Crippen LogP contribution in [0.25, 0.3) is 0 Å². The van der Waals surface area contributed by atoms with Gasteiger partial charge in [-0.3, -0.25) is 4.99 Å². The van der Waals surface area contributed by atoms with Crippen molar-refractivity contribution in [2.24, 2.45) is 10.9 Å². The second-order valence-corrected chi connectivity index (χ2v) is 8.97. The number of rotatable bonds is 7. The van der Waals surface area contributed by atoms with E-state index < -0.39 is 0 Å². The third kappa shape index (κ3) is 6.36. The maximum absolute atomic E-state index is 4.95. The van der Waals surface area contributed by atoms with Gasteiger partial charge in [-0.25, -0.2) is 0 Å². The summed E-state index contributed by atoms with van der Waals surface area (Å²) in [5, 5.41) is 7.07. The maximum Gasteiger partial charge on any atom is 0.191 e. The number of hydrogen-bond donors (Lipinski definition) is 2. The molecule has 2 aliphatic rings. The Balaban J connectivity index is 1.60. The van der Waals surface area contributed by atoms with Gasteiger partial charge in [0.05, 0.1) is 6.04 Å². The van der Waals surface area contributed by atoms with E-state index in [4.69, 9.17) is 4.99 Å². The van der Waals surface area contributed by atoms with Crippen LogP contribution >= 0.6 is 0 Å². The minimum Gasteiger partial charge on any atom is -0.372 e. The molecule has 3 rings (SSSR count). The van der Waals surface area contributed by atoms with Crippen LogP contribution < -0.4 is 15.5 Å². The van der Waals surface area contributed by atoms with Crippen molar-refractivity contribution in [2.45, 2.75) is 65.5 Å². The van der Waals surface area contributed by atoms with Crippen molar-refractivity contribution >= 4 is 11.6 Å². The highest BCUT2D eigenvalue weighted by atomic mass is 15.2. The summed E-state index contributed by atoms with van der Waals surface area (Å²) in [6.45, 7) is 15.5. The Morgan fingerprint density at radius 1 is 1.14 bits per heavy atom. The maximum atomic E-state index is 4.95. The minimum absolute atomic E-state index is 0.230. The zero-order chi connectivity index (χ0) is 20.6. The molecule has 0 amide bonds. The van der Waals surface area contributed by atoms with Crippen LogP contribution in [0, 0.1) is 5.92 Å². The third-order valence-electron chi connectivity index (χ3n) is 6.33. The van der Waals surface area contributed by atoms with E-state index in [0.29, 0.717) is 12.0 Å². The van der Waals surface area contributed by atoms with Gasteiger partial charge < -0.3 is 20.4 Å². The molecule has 1 aromatic rings. The average Bonchev–Trinajstić information content (AvgIpc) is 3.27. The Morgan fingerprint density at radius 2 is 1.93 bits per heavy atom. The molecule has 0 aromatic heterocycles. The fourth-order valence-corrected chi connectivity index (χ4v) is 4.51. The van der Waals surface area contributed by atoms with Gasteiger partial charge >= 0.3 is 0 Å². The zero-order valence-electron chi connectivity index (χ0n) is 19.0. The van der Waals surface area contributed by atoms with Crippen LogP contribution in [-0.4, -0.2) is 56.2 Å². The molecular formula is C24H41N5. The first-order valence-corrected chi connectivity index (χ1v) is 11.7. The van der Waals surface area contributed by atoms with Crippen LogP contribution in [0.5, 0.6) is 0 Å². The highest BCUT2D eigenvalue weighted by molar-refractivity contribution is 5.80. The monoisotopic (exact) mass is 399 g/mol. The standard InChI is InChI=1S/C24H41N5/c1-5-25-24(26-17-21-10-9-15-29(18-21)19(2)3)27-20(4)22-11-8-12-23(16-22)28-13-6-7-14-28/h8,11-12,16,19-21H,5-7,9-10,13-15,17-18H2,1-4H3,(H2,25,26,27). The number of guanidine groups is 1. The van der Waals surface area contributed by atoms with Gasteiger partial charge in [-0.2, -0.15) is 0 Å². The van der Waals surface area contributed by atoms with E-state index in [1.165, 1.54) is 63.1 Å². The molecule has 5 heteroatoms. The van der Waals surface area contributed by atoms with Crippen LogP contribution in [0.3, 0.4) is 0 Å². The average molecular weight is 400 g/mol. The SMILES string of the molecule is CCNC(=NCC1CCCN(C(C)C)C1)NC(C)c1cccc(N2CCCC2)c1. The van der Waals surface area contributed by atoms with E-state index in [1.54, 1.807) is 0 Å². The van der Waals surface area contributed by atoms with Crippen molar-refractivity contribution in [1.82, 2.24) is 15.5 Å². The summed E-state index contributed by atoms with van der Waals surface area (Å²) in [6.07, 6.45) is 5.21. The smallest absolute Gasteiger partial charge is 0.191 e. The van der Waals surface area contributed by atoms with Crippen molar-refractivity contribution in [3.05, 3.63) is 29.8 Å². The molecule has 2 atom stereocenters. The second-order valence-electron chi connectivity index (χ2n) is 8.97. The van der Waals surface area contributed by atoms with Gasteiger partial charge in [0.15, 0.2) is 5.96 Å². The summed E-state index contributed by atoms with van der Waals surface area (Å²) in [4.78, 5) is 10.0. The zero-order valence-corrected chi connectivity index (χ0v) is 19.0. The van der Waals surface area contributed by atoms with Gasteiger partial charge in [-0.05, 0) is 83.5 Å². The molecule has 2 unspecified atom stereocenters. The topological polar surface area (TPSA) is 42.9 Å². The highest BCUT2D eigenvalue weighted by Gasteiger charge is 2.21. The van der Waals surface area contributed by atoms with Gasteiger partial charge in [0.25, 0.3) is 0 Å². The molecule has 162 valence electrons. The van der Waals surface area contributed by atoms with Gasteiger partial charge in [0, 0.05) is 44.5 Å². The second kappa shape index (κ2) is 10.9. The number of hydrogen-bond acceptors (Lipinski definition) is 3. The lowest BCUT2D eigenvalue weighted by molar-refractivity contribution is 0.143. The molecule has 2 N–H and O–H groups in total. The lowest BCUT2D eigenvalue weighted by Crippen LogP contribution is -2.42. The van der Waals surface area contributed by atoms with Crippen molar-refractivity contribution in [3.63, 3.8) is 0 Å². The van der Waals surface area contributed by atoms with Crippen molar-refractivity contribution in [3.8, 4) is 0 Å². The number of nitrogens with one attached hydrogen (secondary N) is 2. The summed E-state index contributed by atoms with van der Waals surface area (Å²) in [6, 6.07) is 9.86. The van der Waals surface area contributed by atoms with E-state index in [9.17, 15) is 0 Å². The molecular weight excluding hydrogens is 358 g/mol. The van der Waals surface area contributed by atoms with Crippen molar-refractivity contribution < 1.29 is 0 Å². The fourth-order valence-electron chi connectivity index (χ4n) is 4.51. The molecule has 29 heavy (non-hydrogen) atoms. The van der Waals surface area contributed by atoms with Crippen LogP contribution in [0.4, 0.5) is 5.69 Å². The molecule has 0 spiro atoms. The summed E-state index contributed by atoms with van der Waals surface area (Å²) in [7, 11) is 0. The van der Waals surface area contributed by atoms with Crippen LogP contribution in [-0.2, 0) is 0 Å². The first kappa shape index (κ1) is 21.9. The number of likely N-dealkylation sites (tertiary alicyclic amines) is 1. The predicted molar refractivity (Wildman–Crippen MR) is 125 cm³/mol. The predicted octanol–water partition coefficient (Wildman–Crippen LogP) is 4.02. The Labute approximate surface area is 178 Å². The number of nitrogens with zero attached hydrogens (tertiary/aromatic N) is 3. The first-order chi connectivity index (χ1) is 14.1.